The minimum Gasteiger partial charge on any atom is -0.481 e. The van der Waals surface area contributed by atoms with E-state index in [0.717, 1.165) is 25.4 Å². The standard InChI is InChI=1S/C20H15BrINO5S/c1-27-18(24)11-28-16-7-4-14(21)8-13(16)9-17-19(25)23(20(26)29-17)10-12-2-5-15(22)6-3-12/h2-9H,10-11H2,1H3/b17-9+. The molecule has 1 aliphatic heterocycles. The minimum absolute atomic E-state index is 0.211. The Bertz CT molecular complexity index is 993. The number of benzene rings is 2. The fourth-order valence-electron chi connectivity index (χ4n) is 2.51. The van der Waals surface area contributed by atoms with Crippen LogP contribution in [0.15, 0.2) is 51.8 Å². The number of amides is 2. The van der Waals surface area contributed by atoms with Gasteiger partial charge < -0.3 is 9.47 Å². The van der Waals surface area contributed by atoms with E-state index in [1.807, 2.05) is 24.3 Å². The molecule has 1 aliphatic rings. The van der Waals surface area contributed by atoms with E-state index in [4.69, 9.17) is 4.74 Å². The van der Waals surface area contributed by atoms with Crippen LogP contribution < -0.4 is 4.74 Å². The quantitative estimate of drug-likeness (QED) is 0.274. The van der Waals surface area contributed by atoms with Crippen LogP contribution in [-0.4, -0.2) is 35.7 Å². The minimum atomic E-state index is -0.517. The molecule has 0 aromatic heterocycles. The highest BCUT2D eigenvalue weighted by atomic mass is 127. The molecule has 0 radical (unpaired) electrons. The molecule has 9 heteroatoms. The highest BCUT2D eigenvalue weighted by Crippen LogP contribution is 2.35. The van der Waals surface area contributed by atoms with Crippen molar-refractivity contribution >= 4 is 73.5 Å². The molecule has 2 aromatic carbocycles. The van der Waals surface area contributed by atoms with Crippen LogP contribution in [-0.2, 0) is 20.9 Å². The van der Waals surface area contributed by atoms with Crippen molar-refractivity contribution in [2.45, 2.75) is 6.54 Å². The van der Waals surface area contributed by atoms with Gasteiger partial charge in [-0.2, -0.15) is 0 Å². The van der Waals surface area contributed by atoms with Crippen LogP contribution in [0.4, 0.5) is 4.79 Å². The number of nitrogens with zero attached hydrogens (tertiary/aromatic N) is 1. The van der Waals surface area contributed by atoms with E-state index in [0.29, 0.717) is 16.2 Å². The SMILES string of the molecule is COC(=O)COc1ccc(Br)cc1/C=C1/SC(=O)N(Cc2ccc(I)cc2)C1=O. The van der Waals surface area contributed by atoms with Gasteiger partial charge in [0.1, 0.15) is 5.75 Å². The van der Waals surface area contributed by atoms with Gasteiger partial charge in [-0.15, -0.1) is 0 Å². The molecule has 3 rings (SSSR count). The molecule has 0 spiro atoms. The largest absolute Gasteiger partial charge is 0.481 e. The van der Waals surface area contributed by atoms with Crippen molar-refractivity contribution in [1.82, 2.24) is 4.90 Å². The normalized spacial score (nSPS) is 15.1. The second kappa shape index (κ2) is 9.77. The number of ether oxygens (including phenoxy) is 2. The zero-order valence-corrected chi connectivity index (χ0v) is 19.7. The smallest absolute Gasteiger partial charge is 0.343 e. The first-order valence-electron chi connectivity index (χ1n) is 8.36. The Hall–Kier alpha value is -1.85. The van der Waals surface area contributed by atoms with Crippen molar-refractivity contribution in [3.8, 4) is 5.75 Å². The number of carbonyl (C=O) groups is 3. The molecule has 1 heterocycles. The predicted octanol–water partition coefficient (Wildman–Crippen LogP) is 4.84. The summed E-state index contributed by atoms with van der Waals surface area (Å²) < 4.78 is 11.9. The first-order chi connectivity index (χ1) is 13.9. The average Bonchev–Trinajstić information content (AvgIpc) is 2.96. The number of thioether (sulfide) groups is 1. The number of imide groups is 1. The molecule has 0 N–H and O–H groups in total. The lowest BCUT2D eigenvalue weighted by molar-refractivity contribution is -0.142. The summed E-state index contributed by atoms with van der Waals surface area (Å²) in [6.45, 7) is -0.0453. The lowest BCUT2D eigenvalue weighted by Crippen LogP contribution is -2.27. The van der Waals surface area contributed by atoms with Crippen molar-refractivity contribution in [1.29, 1.82) is 0 Å². The van der Waals surface area contributed by atoms with Gasteiger partial charge in [0, 0.05) is 13.6 Å². The van der Waals surface area contributed by atoms with Gasteiger partial charge in [-0.1, -0.05) is 28.1 Å². The van der Waals surface area contributed by atoms with Gasteiger partial charge in [0.05, 0.1) is 18.6 Å². The lowest BCUT2D eigenvalue weighted by atomic mass is 10.1. The highest BCUT2D eigenvalue weighted by molar-refractivity contribution is 14.1. The molecule has 2 amide bonds. The Labute approximate surface area is 193 Å². The Balaban J connectivity index is 1.82. The molecule has 29 heavy (non-hydrogen) atoms. The average molecular weight is 588 g/mol. The van der Waals surface area contributed by atoms with E-state index in [-0.39, 0.29) is 24.3 Å². The summed E-state index contributed by atoms with van der Waals surface area (Å²) in [7, 11) is 1.28. The van der Waals surface area contributed by atoms with Crippen LogP contribution in [0, 0.1) is 3.57 Å². The Morgan fingerprint density at radius 2 is 1.93 bits per heavy atom. The summed E-state index contributed by atoms with van der Waals surface area (Å²) in [6.07, 6.45) is 1.59. The maximum atomic E-state index is 12.8. The fraction of sp³-hybridized carbons (Fsp3) is 0.150. The number of methoxy groups -OCH3 is 1. The zero-order valence-electron chi connectivity index (χ0n) is 15.2. The number of carbonyl (C=O) groups excluding carboxylic acids is 3. The molecule has 150 valence electrons. The van der Waals surface area contributed by atoms with Gasteiger partial charge in [-0.25, -0.2) is 4.79 Å². The Morgan fingerprint density at radius 3 is 2.62 bits per heavy atom. The maximum absolute atomic E-state index is 12.8. The third-order valence-corrected chi connectivity index (χ3v) is 6.08. The molecule has 1 saturated heterocycles. The van der Waals surface area contributed by atoms with Crippen LogP contribution in [0.25, 0.3) is 6.08 Å². The van der Waals surface area contributed by atoms with Crippen LogP contribution in [0.1, 0.15) is 11.1 Å². The number of hydrogen-bond acceptors (Lipinski definition) is 6. The molecule has 0 unspecified atom stereocenters. The van der Waals surface area contributed by atoms with Crippen molar-refractivity contribution in [3.05, 3.63) is 66.5 Å². The first-order valence-corrected chi connectivity index (χ1v) is 11.0. The highest BCUT2D eigenvalue weighted by Gasteiger charge is 2.35. The monoisotopic (exact) mass is 587 g/mol. The third-order valence-electron chi connectivity index (χ3n) is 3.96. The van der Waals surface area contributed by atoms with E-state index in [2.05, 4.69) is 43.3 Å². The molecular formula is C20H15BrINO5S. The van der Waals surface area contributed by atoms with Gasteiger partial charge in [-0.05, 0) is 76.3 Å². The molecular weight excluding hydrogens is 573 g/mol. The van der Waals surface area contributed by atoms with Crippen molar-refractivity contribution in [2.24, 2.45) is 0 Å². The number of esters is 1. The van der Waals surface area contributed by atoms with Crippen molar-refractivity contribution < 1.29 is 23.9 Å². The van der Waals surface area contributed by atoms with Gasteiger partial charge in [0.2, 0.25) is 0 Å². The zero-order chi connectivity index (χ0) is 21.0. The van der Waals surface area contributed by atoms with E-state index < -0.39 is 5.97 Å². The van der Waals surface area contributed by atoms with Crippen LogP contribution in [0.5, 0.6) is 5.75 Å². The summed E-state index contributed by atoms with van der Waals surface area (Å²) in [5.41, 5.74) is 1.45. The maximum Gasteiger partial charge on any atom is 0.343 e. The molecule has 0 atom stereocenters. The van der Waals surface area contributed by atoms with Gasteiger partial charge in [0.15, 0.2) is 6.61 Å². The van der Waals surface area contributed by atoms with Crippen LogP contribution >= 0.6 is 50.3 Å². The third kappa shape index (κ3) is 5.61. The molecule has 2 aromatic rings. The second-order valence-corrected chi connectivity index (χ2v) is 9.10. The summed E-state index contributed by atoms with van der Waals surface area (Å²) >= 11 is 6.46. The summed E-state index contributed by atoms with van der Waals surface area (Å²) in [5, 5.41) is -0.327. The van der Waals surface area contributed by atoms with Gasteiger partial charge in [0.25, 0.3) is 11.1 Å². The lowest BCUT2D eigenvalue weighted by Gasteiger charge is -2.12. The number of rotatable bonds is 6. The fourth-order valence-corrected chi connectivity index (χ4v) is 4.08. The Kier molecular flexibility index (Phi) is 7.36. The van der Waals surface area contributed by atoms with Gasteiger partial charge in [-0.3, -0.25) is 14.5 Å². The summed E-state index contributed by atoms with van der Waals surface area (Å²) in [6, 6.07) is 12.8. The molecule has 6 nitrogen and oxygen atoms in total. The number of hydrogen-bond donors (Lipinski definition) is 0. The van der Waals surface area contributed by atoms with Crippen molar-refractivity contribution in [2.75, 3.05) is 13.7 Å². The van der Waals surface area contributed by atoms with E-state index >= 15 is 0 Å². The molecule has 0 bridgehead atoms. The molecule has 1 fully saturated rings. The topological polar surface area (TPSA) is 72.9 Å². The predicted molar refractivity (Wildman–Crippen MR) is 122 cm³/mol. The van der Waals surface area contributed by atoms with Crippen molar-refractivity contribution in [3.63, 3.8) is 0 Å². The number of halogens is 2. The van der Waals surface area contributed by atoms with Gasteiger partial charge >= 0.3 is 5.97 Å². The van der Waals surface area contributed by atoms with E-state index in [9.17, 15) is 14.4 Å². The second-order valence-electron chi connectivity index (χ2n) is 5.94. The van der Waals surface area contributed by atoms with Crippen LogP contribution in [0.2, 0.25) is 0 Å². The van der Waals surface area contributed by atoms with E-state index in [1.165, 1.54) is 12.0 Å². The van der Waals surface area contributed by atoms with E-state index in [1.54, 1.807) is 24.3 Å². The summed E-state index contributed by atoms with van der Waals surface area (Å²) in [4.78, 5) is 38.0. The Morgan fingerprint density at radius 1 is 1.21 bits per heavy atom. The molecule has 0 aliphatic carbocycles. The van der Waals surface area contributed by atoms with Crippen LogP contribution in [0.3, 0.4) is 0 Å². The summed E-state index contributed by atoms with van der Waals surface area (Å²) in [5.74, 6) is -0.475. The first kappa shape index (κ1) is 21.8. The molecule has 0 saturated carbocycles.